The number of hydrogen-bond donors (Lipinski definition) is 1. The van der Waals surface area contributed by atoms with Gasteiger partial charge in [-0.25, -0.2) is 4.79 Å². The summed E-state index contributed by atoms with van der Waals surface area (Å²) in [4.78, 5) is 23.0. The molecule has 0 saturated heterocycles. The third kappa shape index (κ3) is 10.1. The Bertz CT molecular complexity index is 445. The van der Waals surface area contributed by atoms with Crippen LogP contribution in [-0.2, 0) is 20.9 Å². The van der Waals surface area contributed by atoms with Crippen molar-refractivity contribution in [2.45, 2.75) is 52.7 Å². The first-order valence-electron chi connectivity index (χ1n) is 7.99. The lowest BCUT2D eigenvalue weighted by molar-refractivity contribution is -0.149. The Labute approximate surface area is 144 Å². The Kier molecular flexibility index (Phi) is 12.3. The molecule has 1 aromatic rings. The summed E-state index contributed by atoms with van der Waals surface area (Å²) in [5, 5.41) is 0. The van der Waals surface area contributed by atoms with E-state index in [1.807, 2.05) is 30.3 Å². The highest BCUT2D eigenvalue weighted by atomic mass is 35.5. The van der Waals surface area contributed by atoms with E-state index >= 15 is 0 Å². The molecule has 1 atom stereocenters. The van der Waals surface area contributed by atoms with Gasteiger partial charge in [0, 0.05) is 11.8 Å². The number of halogens is 1. The Balaban J connectivity index is 0.000000688. The van der Waals surface area contributed by atoms with Crippen LogP contribution in [0.25, 0.3) is 0 Å². The van der Waals surface area contributed by atoms with Crippen LogP contribution in [0.1, 0.15) is 45.6 Å². The highest BCUT2D eigenvalue weighted by Crippen LogP contribution is 2.04. The molecule has 4 nitrogen and oxygen atoms in total. The molecule has 0 bridgehead atoms. The summed E-state index contributed by atoms with van der Waals surface area (Å²) in [5.41, 5.74) is 6.37. The molecule has 0 radical (unpaired) electrons. The van der Waals surface area contributed by atoms with Crippen molar-refractivity contribution >= 4 is 23.4 Å². The maximum Gasteiger partial charge on any atom is 0.331 e. The van der Waals surface area contributed by atoms with Gasteiger partial charge in [0.2, 0.25) is 0 Å². The van der Waals surface area contributed by atoms with E-state index < -0.39 is 12.0 Å². The monoisotopic (exact) mass is 341 g/mol. The fourth-order valence-corrected chi connectivity index (χ4v) is 1.83. The van der Waals surface area contributed by atoms with Crippen LogP contribution >= 0.6 is 11.6 Å². The number of ether oxygens (including phenoxy) is 1. The van der Waals surface area contributed by atoms with Gasteiger partial charge in [-0.05, 0) is 12.0 Å². The van der Waals surface area contributed by atoms with Crippen LogP contribution in [0.3, 0.4) is 0 Å². The standard InChI is InChI=1S/C13H17NO3.C5H11Cl/c1-9(2)12(15)11(14)13(16)17-8-10-6-4-3-5-7-10;1-2-3-4-5-6/h3-7,9,11H,8,14H2,1-2H3;2-5H2,1H3. The van der Waals surface area contributed by atoms with Crippen molar-refractivity contribution in [1.82, 2.24) is 0 Å². The molecule has 0 fully saturated rings. The van der Waals surface area contributed by atoms with E-state index in [0.29, 0.717) is 0 Å². The number of Topliss-reactive ketones (excluding diaryl/α,β-unsaturated/α-hetero) is 1. The predicted octanol–water partition coefficient (Wildman–Crippen LogP) is 3.70. The van der Waals surface area contributed by atoms with Crippen LogP contribution < -0.4 is 5.73 Å². The summed E-state index contributed by atoms with van der Waals surface area (Å²) in [6, 6.07) is 8.06. The van der Waals surface area contributed by atoms with Crippen molar-refractivity contribution in [1.29, 1.82) is 0 Å². The Morgan fingerprint density at radius 2 is 1.78 bits per heavy atom. The summed E-state index contributed by atoms with van der Waals surface area (Å²) in [5.74, 6) is -0.418. The van der Waals surface area contributed by atoms with Crippen molar-refractivity contribution in [2.75, 3.05) is 5.88 Å². The quantitative estimate of drug-likeness (QED) is 0.339. The molecule has 1 rings (SSSR count). The molecular formula is C18H28ClNO3. The lowest BCUT2D eigenvalue weighted by Crippen LogP contribution is -2.42. The fourth-order valence-electron chi connectivity index (χ4n) is 1.64. The van der Waals surface area contributed by atoms with E-state index in [1.165, 1.54) is 19.3 Å². The number of carbonyl (C=O) groups excluding carboxylic acids is 2. The van der Waals surface area contributed by atoms with Gasteiger partial charge in [0.1, 0.15) is 6.61 Å². The molecule has 0 amide bonds. The number of esters is 1. The average Bonchev–Trinajstić information content (AvgIpc) is 2.57. The van der Waals surface area contributed by atoms with E-state index in [-0.39, 0.29) is 18.3 Å². The second-order valence-corrected chi connectivity index (χ2v) is 5.90. The second-order valence-electron chi connectivity index (χ2n) is 5.52. The number of nitrogens with two attached hydrogens (primary N) is 1. The van der Waals surface area contributed by atoms with Crippen molar-refractivity contribution in [3.63, 3.8) is 0 Å². The minimum atomic E-state index is -1.18. The van der Waals surface area contributed by atoms with E-state index in [9.17, 15) is 9.59 Å². The molecule has 5 heteroatoms. The first-order chi connectivity index (χ1) is 10.9. The highest BCUT2D eigenvalue weighted by Gasteiger charge is 2.25. The van der Waals surface area contributed by atoms with Gasteiger partial charge in [0.25, 0.3) is 0 Å². The molecule has 2 N–H and O–H groups in total. The van der Waals surface area contributed by atoms with Gasteiger partial charge in [-0.15, -0.1) is 11.6 Å². The second kappa shape index (κ2) is 13.1. The summed E-state index contributed by atoms with van der Waals surface area (Å²) in [6.45, 7) is 5.71. The number of hydrogen-bond acceptors (Lipinski definition) is 4. The average molecular weight is 342 g/mol. The largest absolute Gasteiger partial charge is 0.459 e. The summed E-state index contributed by atoms with van der Waals surface area (Å²) < 4.78 is 4.98. The van der Waals surface area contributed by atoms with Crippen LogP contribution in [-0.4, -0.2) is 23.7 Å². The summed E-state index contributed by atoms with van der Waals surface area (Å²) >= 11 is 5.38. The molecule has 0 aliphatic carbocycles. The van der Waals surface area contributed by atoms with Gasteiger partial charge in [0.15, 0.2) is 11.8 Å². The van der Waals surface area contributed by atoms with Crippen LogP contribution in [0.2, 0.25) is 0 Å². The lowest BCUT2D eigenvalue weighted by Gasteiger charge is -2.12. The Morgan fingerprint density at radius 1 is 1.17 bits per heavy atom. The minimum absolute atomic E-state index is 0.138. The number of unbranched alkanes of at least 4 members (excludes halogenated alkanes) is 2. The first-order valence-corrected chi connectivity index (χ1v) is 8.53. The maximum atomic E-state index is 11.5. The van der Waals surface area contributed by atoms with Crippen LogP contribution in [0, 0.1) is 5.92 Å². The Hall–Kier alpha value is -1.39. The van der Waals surface area contributed by atoms with Gasteiger partial charge < -0.3 is 10.5 Å². The van der Waals surface area contributed by atoms with Gasteiger partial charge >= 0.3 is 5.97 Å². The maximum absolute atomic E-state index is 11.5. The summed E-state index contributed by atoms with van der Waals surface area (Å²) in [7, 11) is 0. The van der Waals surface area contributed by atoms with Gasteiger partial charge in [0.05, 0.1) is 0 Å². The number of alkyl halides is 1. The molecule has 0 aliphatic heterocycles. The highest BCUT2D eigenvalue weighted by molar-refractivity contribution is 6.17. The third-order valence-corrected chi connectivity index (χ3v) is 3.36. The molecule has 130 valence electrons. The van der Waals surface area contributed by atoms with Crippen molar-refractivity contribution < 1.29 is 14.3 Å². The first kappa shape index (κ1) is 21.6. The molecule has 0 saturated carbocycles. The van der Waals surface area contributed by atoms with E-state index in [1.54, 1.807) is 13.8 Å². The zero-order chi connectivity index (χ0) is 17.7. The molecule has 0 aliphatic rings. The van der Waals surface area contributed by atoms with Gasteiger partial charge in [-0.3, -0.25) is 4.79 Å². The molecule has 0 spiro atoms. The zero-order valence-electron chi connectivity index (χ0n) is 14.3. The Morgan fingerprint density at radius 3 is 2.22 bits per heavy atom. The molecule has 1 aromatic carbocycles. The smallest absolute Gasteiger partial charge is 0.331 e. The number of carbonyl (C=O) groups is 2. The van der Waals surface area contributed by atoms with Crippen molar-refractivity contribution in [3.8, 4) is 0 Å². The molecule has 23 heavy (non-hydrogen) atoms. The van der Waals surface area contributed by atoms with Crippen LogP contribution in [0.15, 0.2) is 30.3 Å². The topological polar surface area (TPSA) is 69.4 Å². The van der Waals surface area contributed by atoms with Gasteiger partial charge in [-0.2, -0.15) is 0 Å². The number of rotatable bonds is 8. The van der Waals surface area contributed by atoms with Crippen molar-refractivity contribution in [3.05, 3.63) is 35.9 Å². The molecule has 1 unspecified atom stereocenters. The lowest BCUT2D eigenvalue weighted by atomic mass is 10.0. The minimum Gasteiger partial charge on any atom is -0.459 e. The van der Waals surface area contributed by atoms with E-state index in [2.05, 4.69) is 6.92 Å². The fraction of sp³-hybridized carbons (Fsp3) is 0.556. The van der Waals surface area contributed by atoms with Crippen LogP contribution in [0.5, 0.6) is 0 Å². The van der Waals surface area contributed by atoms with Crippen molar-refractivity contribution in [2.24, 2.45) is 11.7 Å². The molecule has 0 heterocycles. The van der Waals surface area contributed by atoms with Crippen LogP contribution in [0.4, 0.5) is 0 Å². The predicted molar refractivity (Wildman–Crippen MR) is 94.3 cm³/mol. The summed E-state index contributed by atoms with van der Waals surface area (Å²) in [6.07, 6.45) is 3.73. The third-order valence-electron chi connectivity index (χ3n) is 3.09. The van der Waals surface area contributed by atoms with Gasteiger partial charge in [-0.1, -0.05) is 63.9 Å². The SMILES string of the molecule is CC(C)C(=O)C(N)C(=O)OCc1ccccc1.CCCCCCl. The number of benzene rings is 1. The normalized spacial score (nSPS) is 11.4. The number of ketones is 1. The molecular weight excluding hydrogens is 314 g/mol. The van der Waals surface area contributed by atoms with E-state index in [0.717, 1.165) is 11.4 Å². The zero-order valence-corrected chi connectivity index (χ0v) is 15.0. The molecule has 0 aromatic heterocycles. The van der Waals surface area contributed by atoms with E-state index in [4.69, 9.17) is 22.1 Å².